The Bertz CT molecular complexity index is 154. The van der Waals surface area contributed by atoms with Gasteiger partial charge in [0, 0.05) is 0 Å². The van der Waals surface area contributed by atoms with Gasteiger partial charge in [-0.3, -0.25) is 0 Å². The largest absolute Gasteiger partial charge is 0.231 e. The fraction of sp³-hybridized carbons (Fsp3) is 0.429. The predicted molar refractivity (Wildman–Crippen MR) is 38.6 cm³/mol. The van der Waals surface area contributed by atoms with Crippen molar-refractivity contribution in [1.29, 1.82) is 0 Å². The van der Waals surface area contributed by atoms with Crippen LogP contribution in [0.3, 0.4) is 0 Å². The van der Waals surface area contributed by atoms with Crippen molar-refractivity contribution in [2.45, 2.75) is 19.5 Å². The van der Waals surface area contributed by atoms with Crippen molar-refractivity contribution in [1.82, 2.24) is 10.9 Å². The molecule has 1 heterocycles. The van der Waals surface area contributed by atoms with Crippen LogP contribution in [-0.4, -0.2) is 5.66 Å². The summed E-state index contributed by atoms with van der Waals surface area (Å²) in [7, 11) is 0. The molecule has 50 valence electrons. The van der Waals surface area contributed by atoms with E-state index in [1.54, 1.807) is 6.08 Å². The number of hydrogen-bond acceptors (Lipinski definition) is 2. The topological polar surface area (TPSA) is 43.9 Å². The molecule has 2 heteroatoms. The van der Waals surface area contributed by atoms with Gasteiger partial charge in [-0.1, -0.05) is 18.7 Å². The summed E-state index contributed by atoms with van der Waals surface area (Å²) in [5.74, 6) is 0. The second-order valence-corrected chi connectivity index (χ2v) is 2.46. The summed E-state index contributed by atoms with van der Waals surface area (Å²) in [5, 5.41) is 0. The van der Waals surface area contributed by atoms with Gasteiger partial charge in [0.25, 0.3) is 0 Å². The van der Waals surface area contributed by atoms with E-state index >= 15 is 0 Å². The number of rotatable bonds is 2. The Balaban J connectivity index is 2.61. The van der Waals surface area contributed by atoms with Gasteiger partial charge in [0.15, 0.2) is 0 Å². The van der Waals surface area contributed by atoms with E-state index in [9.17, 15) is 0 Å². The highest BCUT2D eigenvalue weighted by Gasteiger charge is 2.37. The minimum Gasteiger partial charge on any atom is -0.231 e. The van der Waals surface area contributed by atoms with Crippen LogP contribution >= 0.6 is 0 Å². The maximum absolute atomic E-state index is 3.61. The van der Waals surface area contributed by atoms with E-state index in [4.69, 9.17) is 0 Å². The molecular weight excluding hydrogens is 112 g/mol. The lowest BCUT2D eigenvalue weighted by Gasteiger charge is -2.01. The Kier molecular flexibility index (Phi) is 1.43. The summed E-state index contributed by atoms with van der Waals surface area (Å²) in [6.07, 6.45) is 3.79. The molecule has 0 atom stereocenters. The van der Waals surface area contributed by atoms with Crippen LogP contribution in [-0.2, 0) is 0 Å². The molecule has 0 saturated carbocycles. The lowest BCUT2D eigenvalue weighted by atomic mass is 10.1. The molecule has 0 aromatic heterocycles. The average Bonchev–Trinajstić information content (AvgIpc) is 2.50. The molecule has 1 aliphatic rings. The lowest BCUT2D eigenvalue weighted by Crippen LogP contribution is -2.12. The fourth-order valence-electron chi connectivity index (χ4n) is 0.634. The Morgan fingerprint density at radius 3 is 2.44 bits per heavy atom. The molecule has 1 aliphatic heterocycles. The second kappa shape index (κ2) is 1.97. The molecule has 0 aromatic rings. The molecule has 1 saturated heterocycles. The van der Waals surface area contributed by atoms with Crippen LogP contribution in [0.25, 0.3) is 0 Å². The first kappa shape index (κ1) is 6.52. The third kappa shape index (κ3) is 1.20. The summed E-state index contributed by atoms with van der Waals surface area (Å²) >= 11 is 0. The highest BCUT2D eigenvalue weighted by molar-refractivity contribution is 5.24. The molecule has 0 bridgehead atoms. The highest BCUT2D eigenvalue weighted by atomic mass is 15.7. The molecule has 1 fully saturated rings. The van der Waals surface area contributed by atoms with Crippen LogP contribution in [0.2, 0.25) is 0 Å². The summed E-state index contributed by atoms with van der Waals surface area (Å²) in [6.45, 7) is 7.76. The van der Waals surface area contributed by atoms with Gasteiger partial charge in [0.1, 0.15) is 5.66 Å². The van der Waals surface area contributed by atoms with Crippen LogP contribution in [0, 0.1) is 0 Å². The zero-order chi connectivity index (χ0) is 6.91. The first-order valence-electron chi connectivity index (χ1n) is 3.03. The summed E-state index contributed by atoms with van der Waals surface area (Å²) in [4.78, 5) is 0. The van der Waals surface area contributed by atoms with Crippen LogP contribution in [0.5, 0.6) is 0 Å². The normalized spacial score (nSPS) is 23.6. The van der Waals surface area contributed by atoms with Gasteiger partial charge < -0.3 is 0 Å². The first-order valence-corrected chi connectivity index (χ1v) is 3.03. The van der Waals surface area contributed by atoms with Crippen LogP contribution in [0.1, 0.15) is 13.8 Å². The molecule has 0 radical (unpaired) electrons. The Morgan fingerprint density at radius 1 is 1.56 bits per heavy atom. The number of nitrogens with one attached hydrogen (secondary N) is 2. The van der Waals surface area contributed by atoms with Crippen molar-refractivity contribution >= 4 is 0 Å². The molecular formula is C7H12N2. The van der Waals surface area contributed by atoms with Crippen LogP contribution in [0.15, 0.2) is 24.3 Å². The maximum Gasteiger partial charge on any atom is 0.113 e. The monoisotopic (exact) mass is 124 g/mol. The van der Waals surface area contributed by atoms with Gasteiger partial charge in [-0.25, -0.2) is 10.9 Å². The number of hydrazine groups is 1. The third-order valence-corrected chi connectivity index (χ3v) is 1.66. The Hall–Kier alpha value is -0.600. The quantitative estimate of drug-likeness (QED) is 0.425. The minimum absolute atomic E-state index is 0.0498. The van der Waals surface area contributed by atoms with E-state index in [1.165, 1.54) is 5.57 Å². The predicted octanol–water partition coefficient (Wildman–Crippen LogP) is 0.943. The van der Waals surface area contributed by atoms with Crippen LogP contribution < -0.4 is 10.9 Å². The first-order chi connectivity index (χ1) is 4.19. The molecule has 0 amide bonds. The number of hydrogen-bond donors (Lipinski definition) is 2. The van der Waals surface area contributed by atoms with E-state index in [1.807, 2.05) is 6.08 Å². The average molecular weight is 124 g/mol. The van der Waals surface area contributed by atoms with Crippen molar-refractivity contribution in [3.8, 4) is 0 Å². The molecule has 9 heavy (non-hydrogen) atoms. The van der Waals surface area contributed by atoms with Crippen molar-refractivity contribution in [2.24, 2.45) is 0 Å². The SMILES string of the molecule is C=C/C=C(\C)C1(C)NN1. The van der Waals surface area contributed by atoms with Crippen molar-refractivity contribution in [2.75, 3.05) is 0 Å². The maximum atomic E-state index is 3.61. The summed E-state index contributed by atoms with van der Waals surface area (Å²) < 4.78 is 0. The van der Waals surface area contributed by atoms with Gasteiger partial charge in [-0.2, -0.15) is 0 Å². The van der Waals surface area contributed by atoms with Crippen LogP contribution in [0.4, 0.5) is 0 Å². The lowest BCUT2D eigenvalue weighted by molar-refractivity contribution is 0.790. The second-order valence-electron chi connectivity index (χ2n) is 2.46. The molecule has 0 spiro atoms. The van der Waals surface area contributed by atoms with E-state index in [0.717, 1.165) is 0 Å². The van der Waals surface area contributed by atoms with Gasteiger partial charge in [0.2, 0.25) is 0 Å². The van der Waals surface area contributed by atoms with E-state index in [-0.39, 0.29) is 5.66 Å². The zero-order valence-corrected chi connectivity index (χ0v) is 5.86. The molecule has 2 nitrogen and oxygen atoms in total. The molecule has 1 rings (SSSR count). The standard InChI is InChI=1S/C7H12N2/c1-4-5-6(2)7(3)8-9-7/h4-5,8-9H,1H2,2-3H3/b6-5+. The van der Waals surface area contributed by atoms with Crippen molar-refractivity contribution in [3.05, 3.63) is 24.3 Å². The van der Waals surface area contributed by atoms with Crippen molar-refractivity contribution in [3.63, 3.8) is 0 Å². The highest BCUT2D eigenvalue weighted by Crippen LogP contribution is 2.18. The Labute approximate surface area is 55.6 Å². The molecule has 2 N–H and O–H groups in total. The van der Waals surface area contributed by atoms with Gasteiger partial charge in [-0.05, 0) is 19.4 Å². The molecule has 0 aliphatic carbocycles. The molecule has 0 aromatic carbocycles. The van der Waals surface area contributed by atoms with Gasteiger partial charge in [-0.15, -0.1) is 0 Å². The van der Waals surface area contributed by atoms with E-state index in [0.29, 0.717) is 0 Å². The zero-order valence-electron chi connectivity index (χ0n) is 5.86. The summed E-state index contributed by atoms with van der Waals surface area (Å²) in [6, 6.07) is 0. The fourth-order valence-corrected chi connectivity index (χ4v) is 0.634. The minimum atomic E-state index is 0.0498. The number of allylic oxidation sites excluding steroid dienone is 2. The van der Waals surface area contributed by atoms with Gasteiger partial charge >= 0.3 is 0 Å². The molecule has 0 unspecified atom stereocenters. The summed E-state index contributed by atoms with van der Waals surface area (Å²) in [5.41, 5.74) is 7.37. The van der Waals surface area contributed by atoms with Gasteiger partial charge in [0.05, 0.1) is 0 Å². The third-order valence-electron chi connectivity index (χ3n) is 1.66. The van der Waals surface area contributed by atoms with E-state index < -0.39 is 0 Å². The smallest absolute Gasteiger partial charge is 0.113 e. The van der Waals surface area contributed by atoms with Crippen molar-refractivity contribution < 1.29 is 0 Å². The Morgan fingerprint density at radius 2 is 2.11 bits per heavy atom. The van der Waals surface area contributed by atoms with E-state index in [2.05, 4.69) is 31.3 Å².